The van der Waals surface area contributed by atoms with Crippen LogP contribution in [0.2, 0.25) is 0 Å². The van der Waals surface area contributed by atoms with Crippen LogP contribution in [0.25, 0.3) is 0 Å². The van der Waals surface area contributed by atoms with Gasteiger partial charge < -0.3 is 21.3 Å². The van der Waals surface area contributed by atoms with E-state index in [0.29, 0.717) is 0 Å². The van der Waals surface area contributed by atoms with Gasteiger partial charge in [0.15, 0.2) is 0 Å². The predicted octanol–water partition coefficient (Wildman–Crippen LogP) is -1.17. The molecule has 0 radical (unpaired) electrons. The van der Waals surface area contributed by atoms with E-state index in [1.807, 2.05) is 20.8 Å². The molecule has 5 N–H and O–H groups in total. The van der Waals surface area contributed by atoms with Crippen LogP contribution < -0.4 is 11.1 Å². The van der Waals surface area contributed by atoms with E-state index < -0.39 is 12.1 Å². The van der Waals surface area contributed by atoms with Gasteiger partial charge in [-0.05, 0) is 5.41 Å². The van der Waals surface area contributed by atoms with Crippen LogP contribution in [0.1, 0.15) is 20.8 Å². The number of nitrogens with one attached hydrogen (secondary N) is 1. The highest BCUT2D eigenvalue weighted by Crippen LogP contribution is 2.17. The lowest BCUT2D eigenvalue weighted by Crippen LogP contribution is -2.53. The summed E-state index contributed by atoms with van der Waals surface area (Å²) < 4.78 is 0. The fourth-order valence-electron chi connectivity index (χ4n) is 0.833. The zero-order chi connectivity index (χ0) is 11.4. The molecule has 1 amide bonds. The van der Waals surface area contributed by atoms with Crippen LogP contribution in [0.15, 0.2) is 0 Å². The fraction of sp³-hybridized carbons (Fsp3) is 0.889. The lowest BCUT2D eigenvalue weighted by molar-refractivity contribution is -0.125. The third-order valence-corrected chi connectivity index (χ3v) is 2.00. The molecule has 0 aromatic rings. The van der Waals surface area contributed by atoms with E-state index in [4.69, 9.17) is 15.9 Å². The molecule has 0 aliphatic carbocycles. The fourth-order valence-corrected chi connectivity index (χ4v) is 0.833. The molecule has 0 heterocycles. The Morgan fingerprint density at radius 2 is 1.79 bits per heavy atom. The second-order valence-electron chi connectivity index (χ2n) is 4.41. The van der Waals surface area contributed by atoms with Gasteiger partial charge in [0.1, 0.15) is 0 Å². The third kappa shape index (κ3) is 4.04. The molecular weight excluding hydrogens is 184 g/mol. The molecular formula is C9H20N2O3. The summed E-state index contributed by atoms with van der Waals surface area (Å²) in [5.74, 6) is -0.356. The van der Waals surface area contributed by atoms with Gasteiger partial charge in [-0.25, -0.2) is 0 Å². The van der Waals surface area contributed by atoms with Crippen molar-refractivity contribution < 1.29 is 15.0 Å². The van der Waals surface area contributed by atoms with Gasteiger partial charge in [-0.2, -0.15) is 0 Å². The van der Waals surface area contributed by atoms with Crippen LogP contribution >= 0.6 is 0 Å². The molecule has 0 unspecified atom stereocenters. The Balaban J connectivity index is 4.21. The summed E-state index contributed by atoms with van der Waals surface area (Å²) in [6, 6.07) is -1.28. The molecule has 0 rings (SSSR count). The lowest BCUT2D eigenvalue weighted by Gasteiger charge is -2.27. The molecule has 0 aliphatic heterocycles. The minimum atomic E-state index is -0.650. The standard InChI is InChI=1S/C9H20N2O3/c1-9(2,3)7(10)8(14)11-6(4-12)5-13/h6-7,12-13H,4-5,10H2,1-3H3,(H,11,14)/t7-/m1/s1. The van der Waals surface area contributed by atoms with Crippen LogP contribution in [0, 0.1) is 5.41 Å². The SMILES string of the molecule is CC(C)(C)[C@H](N)C(=O)NC(CO)CO. The molecule has 0 bridgehead atoms. The van der Waals surface area contributed by atoms with Crippen molar-refractivity contribution in [2.75, 3.05) is 13.2 Å². The minimum absolute atomic E-state index is 0.293. The molecule has 0 saturated carbocycles. The molecule has 1 atom stereocenters. The predicted molar refractivity (Wildman–Crippen MR) is 53.5 cm³/mol. The first-order chi connectivity index (χ1) is 6.32. The quantitative estimate of drug-likeness (QED) is 0.464. The second kappa shape index (κ2) is 5.29. The van der Waals surface area contributed by atoms with Crippen LogP contribution in [0.5, 0.6) is 0 Å². The number of aliphatic hydroxyl groups is 2. The lowest BCUT2D eigenvalue weighted by atomic mass is 9.87. The molecule has 0 aromatic heterocycles. The van der Waals surface area contributed by atoms with Crippen LogP contribution in [0.4, 0.5) is 0 Å². The molecule has 0 spiro atoms. The average molecular weight is 204 g/mol. The third-order valence-electron chi connectivity index (χ3n) is 2.00. The molecule has 0 saturated heterocycles. The Bertz CT molecular complexity index is 185. The summed E-state index contributed by atoms with van der Waals surface area (Å²) in [7, 11) is 0. The van der Waals surface area contributed by atoms with Crippen molar-refractivity contribution in [1.82, 2.24) is 5.32 Å². The van der Waals surface area contributed by atoms with E-state index in [2.05, 4.69) is 5.32 Å². The average Bonchev–Trinajstić information content (AvgIpc) is 2.11. The van der Waals surface area contributed by atoms with E-state index in [0.717, 1.165) is 0 Å². The van der Waals surface area contributed by atoms with Crippen molar-refractivity contribution in [3.8, 4) is 0 Å². The smallest absolute Gasteiger partial charge is 0.237 e. The van der Waals surface area contributed by atoms with Crippen LogP contribution in [-0.2, 0) is 4.79 Å². The zero-order valence-electron chi connectivity index (χ0n) is 8.95. The number of rotatable bonds is 4. The highest BCUT2D eigenvalue weighted by molar-refractivity contribution is 5.82. The molecule has 5 heteroatoms. The van der Waals surface area contributed by atoms with E-state index in [1.165, 1.54) is 0 Å². The Morgan fingerprint density at radius 3 is 2.07 bits per heavy atom. The monoisotopic (exact) mass is 204 g/mol. The summed E-state index contributed by atoms with van der Waals surface area (Å²) in [5, 5.41) is 19.9. The second-order valence-corrected chi connectivity index (χ2v) is 4.41. The van der Waals surface area contributed by atoms with Crippen LogP contribution in [-0.4, -0.2) is 41.4 Å². The first-order valence-corrected chi connectivity index (χ1v) is 4.60. The minimum Gasteiger partial charge on any atom is -0.394 e. The number of carbonyl (C=O) groups excluding carboxylic acids is 1. The zero-order valence-corrected chi connectivity index (χ0v) is 8.95. The van der Waals surface area contributed by atoms with Crippen molar-refractivity contribution in [2.45, 2.75) is 32.9 Å². The van der Waals surface area contributed by atoms with E-state index in [9.17, 15) is 4.79 Å². The summed E-state index contributed by atoms with van der Waals surface area (Å²) in [6.07, 6.45) is 0. The number of aliphatic hydroxyl groups excluding tert-OH is 2. The Kier molecular flexibility index (Phi) is 5.04. The van der Waals surface area contributed by atoms with E-state index in [-0.39, 0.29) is 24.5 Å². The number of hydrogen-bond acceptors (Lipinski definition) is 4. The number of carbonyl (C=O) groups is 1. The highest BCUT2D eigenvalue weighted by Gasteiger charge is 2.28. The maximum absolute atomic E-state index is 11.5. The van der Waals surface area contributed by atoms with E-state index in [1.54, 1.807) is 0 Å². The maximum Gasteiger partial charge on any atom is 0.237 e. The topological polar surface area (TPSA) is 95.6 Å². The molecule has 84 valence electrons. The van der Waals surface area contributed by atoms with Crippen molar-refractivity contribution >= 4 is 5.91 Å². The van der Waals surface area contributed by atoms with Gasteiger partial charge in [0, 0.05) is 0 Å². The summed E-state index contributed by atoms with van der Waals surface area (Å²) in [5.41, 5.74) is 5.34. The molecule has 14 heavy (non-hydrogen) atoms. The van der Waals surface area contributed by atoms with Crippen molar-refractivity contribution in [3.63, 3.8) is 0 Å². The maximum atomic E-state index is 11.5. The van der Waals surface area contributed by atoms with Gasteiger partial charge in [0.2, 0.25) is 5.91 Å². The summed E-state index contributed by atoms with van der Waals surface area (Å²) >= 11 is 0. The van der Waals surface area contributed by atoms with Crippen molar-refractivity contribution in [2.24, 2.45) is 11.1 Å². The largest absolute Gasteiger partial charge is 0.394 e. The van der Waals surface area contributed by atoms with Gasteiger partial charge >= 0.3 is 0 Å². The van der Waals surface area contributed by atoms with Gasteiger partial charge in [-0.15, -0.1) is 0 Å². The Labute approximate surface area is 84.3 Å². The normalized spacial score (nSPS) is 14.2. The Morgan fingerprint density at radius 1 is 1.36 bits per heavy atom. The number of hydrogen-bond donors (Lipinski definition) is 4. The first kappa shape index (κ1) is 13.4. The summed E-state index contributed by atoms with van der Waals surface area (Å²) in [6.45, 7) is 4.97. The van der Waals surface area contributed by atoms with Crippen LogP contribution in [0.3, 0.4) is 0 Å². The Hall–Kier alpha value is -0.650. The molecule has 0 aromatic carbocycles. The summed E-state index contributed by atoms with van der Waals surface area (Å²) in [4.78, 5) is 11.5. The molecule has 5 nitrogen and oxygen atoms in total. The van der Waals surface area contributed by atoms with Crippen molar-refractivity contribution in [1.29, 1.82) is 0 Å². The molecule has 0 fully saturated rings. The first-order valence-electron chi connectivity index (χ1n) is 4.60. The highest BCUT2D eigenvalue weighted by atomic mass is 16.3. The van der Waals surface area contributed by atoms with Gasteiger partial charge in [-0.3, -0.25) is 4.79 Å². The van der Waals surface area contributed by atoms with Gasteiger partial charge in [0.05, 0.1) is 25.3 Å². The number of nitrogens with two attached hydrogens (primary N) is 1. The van der Waals surface area contributed by atoms with Gasteiger partial charge in [-0.1, -0.05) is 20.8 Å². The van der Waals surface area contributed by atoms with E-state index >= 15 is 0 Å². The molecule has 0 aliphatic rings. The van der Waals surface area contributed by atoms with Gasteiger partial charge in [0.25, 0.3) is 0 Å². The number of amides is 1. The van der Waals surface area contributed by atoms with Crippen molar-refractivity contribution in [3.05, 3.63) is 0 Å².